The summed E-state index contributed by atoms with van der Waals surface area (Å²) in [6.07, 6.45) is 6.07. The van der Waals surface area contributed by atoms with Gasteiger partial charge in [-0.1, -0.05) is 33.1 Å². The third-order valence-electron chi connectivity index (χ3n) is 3.29. The van der Waals surface area contributed by atoms with Crippen LogP contribution in [0.15, 0.2) is 5.38 Å². The molecule has 0 unspecified atom stereocenters. The Bertz CT molecular complexity index is 324. The predicted molar refractivity (Wildman–Crippen MR) is 65.2 cm³/mol. The Hall–Kier alpha value is -0.410. The van der Waals surface area contributed by atoms with E-state index in [9.17, 15) is 0 Å². The molecule has 0 aromatic carbocycles. The first-order valence-electron chi connectivity index (χ1n) is 5.86. The Morgan fingerprint density at radius 3 is 2.53 bits per heavy atom. The van der Waals surface area contributed by atoms with Crippen molar-refractivity contribution in [3.63, 3.8) is 0 Å². The second kappa shape index (κ2) is 4.22. The van der Waals surface area contributed by atoms with E-state index in [4.69, 9.17) is 10.7 Å². The van der Waals surface area contributed by atoms with E-state index in [0.29, 0.717) is 5.92 Å². The van der Waals surface area contributed by atoms with Gasteiger partial charge in [-0.3, -0.25) is 0 Å². The molecule has 2 rings (SSSR count). The monoisotopic (exact) mass is 224 g/mol. The van der Waals surface area contributed by atoms with Gasteiger partial charge >= 0.3 is 0 Å². The second-order valence-corrected chi connectivity index (χ2v) is 5.81. The number of hydrogen-bond acceptors (Lipinski definition) is 3. The molecule has 1 saturated carbocycles. The lowest BCUT2D eigenvalue weighted by molar-refractivity contribution is 0.301. The molecule has 1 aromatic heterocycles. The highest BCUT2D eigenvalue weighted by Crippen LogP contribution is 2.36. The standard InChI is InChI=1S/C12H20N2S/c1-9(2)10-8-15-11(14-10)12(13)6-4-3-5-7-12/h8-9H,3-7,13H2,1-2H3. The van der Waals surface area contributed by atoms with Gasteiger partial charge in [0.05, 0.1) is 11.2 Å². The van der Waals surface area contributed by atoms with Gasteiger partial charge in [0.25, 0.3) is 0 Å². The molecule has 0 saturated heterocycles. The zero-order chi connectivity index (χ0) is 10.9. The van der Waals surface area contributed by atoms with E-state index in [1.54, 1.807) is 11.3 Å². The van der Waals surface area contributed by atoms with Crippen LogP contribution in [-0.2, 0) is 5.54 Å². The molecule has 1 heterocycles. The van der Waals surface area contributed by atoms with Crippen molar-refractivity contribution < 1.29 is 0 Å². The number of nitrogens with two attached hydrogens (primary N) is 1. The van der Waals surface area contributed by atoms with Crippen molar-refractivity contribution in [3.8, 4) is 0 Å². The van der Waals surface area contributed by atoms with Crippen LogP contribution in [0.4, 0.5) is 0 Å². The highest BCUT2D eigenvalue weighted by Gasteiger charge is 2.32. The molecule has 0 aliphatic heterocycles. The first kappa shape index (κ1) is 11.1. The second-order valence-electron chi connectivity index (χ2n) is 4.95. The van der Waals surface area contributed by atoms with Gasteiger partial charge < -0.3 is 5.73 Å². The average Bonchev–Trinajstić information content (AvgIpc) is 2.68. The molecule has 0 radical (unpaired) electrons. The van der Waals surface area contributed by atoms with E-state index in [1.807, 2.05) is 0 Å². The molecule has 0 amide bonds. The summed E-state index contributed by atoms with van der Waals surface area (Å²) in [5, 5.41) is 3.33. The lowest BCUT2D eigenvalue weighted by atomic mass is 9.83. The average molecular weight is 224 g/mol. The van der Waals surface area contributed by atoms with Crippen LogP contribution >= 0.6 is 11.3 Å². The SMILES string of the molecule is CC(C)c1csc(C2(N)CCCCC2)n1. The van der Waals surface area contributed by atoms with Crippen molar-refractivity contribution in [3.05, 3.63) is 16.1 Å². The first-order valence-corrected chi connectivity index (χ1v) is 6.74. The zero-order valence-corrected chi connectivity index (χ0v) is 10.4. The molecule has 84 valence electrons. The maximum Gasteiger partial charge on any atom is 0.113 e. The highest BCUT2D eigenvalue weighted by atomic mass is 32.1. The molecule has 1 fully saturated rings. The minimum absolute atomic E-state index is 0.115. The highest BCUT2D eigenvalue weighted by molar-refractivity contribution is 7.09. The number of hydrogen-bond donors (Lipinski definition) is 1. The van der Waals surface area contributed by atoms with Gasteiger partial charge in [0, 0.05) is 5.38 Å². The van der Waals surface area contributed by atoms with Crippen molar-refractivity contribution in [1.29, 1.82) is 0 Å². The normalized spacial score (nSPS) is 20.8. The van der Waals surface area contributed by atoms with Crippen LogP contribution < -0.4 is 5.73 Å². The minimum atomic E-state index is -0.115. The smallest absolute Gasteiger partial charge is 0.113 e. The summed E-state index contributed by atoms with van der Waals surface area (Å²) >= 11 is 1.75. The Morgan fingerprint density at radius 1 is 1.33 bits per heavy atom. The predicted octanol–water partition coefficient (Wildman–Crippen LogP) is 3.38. The van der Waals surface area contributed by atoms with E-state index in [-0.39, 0.29) is 5.54 Å². The third kappa shape index (κ3) is 2.23. The van der Waals surface area contributed by atoms with Crippen molar-refractivity contribution in [2.45, 2.75) is 57.4 Å². The molecule has 0 spiro atoms. The van der Waals surface area contributed by atoms with Gasteiger partial charge in [-0.15, -0.1) is 11.3 Å². The minimum Gasteiger partial charge on any atom is -0.319 e. The maximum absolute atomic E-state index is 6.44. The molecular weight excluding hydrogens is 204 g/mol. The molecule has 2 N–H and O–H groups in total. The summed E-state index contributed by atoms with van der Waals surface area (Å²) in [7, 11) is 0. The lowest BCUT2D eigenvalue weighted by Gasteiger charge is -2.31. The van der Waals surface area contributed by atoms with E-state index < -0.39 is 0 Å². The van der Waals surface area contributed by atoms with E-state index in [0.717, 1.165) is 17.8 Å². The van der Waals surface area contributed by atoms with Crippen LogP contribution in [0, 0.1) is 0 Å². The summed E-state index contributed by atoms with van der Waals surface area (Å²) in [5.74, 6) is 0.516. The van der Waals surface area contributed by atoms with Crippen LogP contribution in [0.2, 0.25) is 0 Å². The van der Waals surface area contributed by atoms with Gasteiger partial charge in [0.15, 0.2) is 0 Å². The maximum atomic E-state index is 6.44. The first-order chi connectivity index (χ1) is 7.12. The fraction of sp³-hybridized carbons (Fsp3) is 0.750. The fourth-order valence-electron chi connectivity index (χ4n) is 2.18. The fourth-order valence-corrected chi connectivity index (χ4v) is 3.33. The van der Waals surface area contributed by atoms with E-state index >= 15 is 0 Å². The Morgan fingerprint density at radius 2 is 2.00 bits per heavy atom. The molecule has 2 nitrogen and oxygen atoms in total. The van der Waals surface area contributed by atoms with Crippen LogP contribution in [0.25, 0.3) is 0 Å². The number of thiazole rings is 1. The van der Waals surface area contributed by atoms with Crippen LogP contribution in [0.5, 0.6) is 0 Å². The summed E-state index contributed by atoms with van der Waals surface area (Å²) in [4.78, 5) is 4.70. The van der Waals surface area contributed by atoms with Crippen LogP contribution in [0.3, 0.4) is 0 Å². The van der Waals surface area contributed by atoms with Crippen molar-refractivity contribution in [2.75, 3.05) is 0 Å². The lowest BCUT2D eigenvalue weighted by Crippen LogP contribution is -2.38. The van der Waals surface area contributed by atoms with Crippen molar-refractivity contribution in [2.24, 2.45) is 5.73 Å². The summed E-state index contributed by atoms with van der Waals surface area (Å²) in [5.41, 5.74) is 7.53. The largest absolute Gasteiger partial charge is 0.319 e. The molecule has 1 aliphatic rings. The third-order valence-corrected chi connectivity index (χ3v) is 4.37. The molecule has 3 heteroatoms. The number of nitrogens with zero attached hydrogens (tertiary/aromatic N) is 1. The van der Waals surface area contributed by atoms with Crippen molar-refractivity contribution in [1.82, 2.24) is 4.98 Å². The Labute approximate surface area is 95.9 Å². The molecule has 1 aliphatic carbocycles. The summed E-state index contributed by atoms with van der Waals surface area (Å²) in [6, 6.07) is 0. The molecule has 1 aromatic rings. The summed E-state index contributed by atoms with van der Waals surface area (Å²) < 4.78 is 0. The van der Waals surface area contributed by atoms with Gasteiger partial charge in [-0.25, -0.2) is 4.98 Å². The van der Waals surface area contributed by atoms with Crippen LogP contribution in [0.1, 0.15) is 62.6 Å². The quantitative estimate of drug-likeness (QED) is 0.836. The van der Waals surface area contributed by atoms with E-state index in [2.05, 4.69) is 19.2 Å². The van der Waals surface area contributed by atoms with Gasteiger partial charge in [-0.2, -0.15) is 0 Å². The number of aromatic nitrogens is 1. The molecule has 15 heavy (non-hydrogen) atoms. The molecular formula is C12H20N2S. The zero-order valence-electron chi connectivity index (χ0n) is 9.62. The Balaban J connectivity index is 2.20. The topological polar surface area (TPSA) is 38.9 Å². The molecule has 0 atom stereocenters. The van der Waals surface area contributed by atoms with Gasteiger partial charge in [0.2, 0.25) is 0 Å². The van der Waals surface area contributed by atoms with Crippen molar-refractivity contribution >= 4 is 11.3 Å². The van der Waals surface area contributed by atoms with E-state index in [1.165, 1.54) is 25.0 Å². The Kier molecular flexibility index (Phi) is 3.12. The van der Waals surface area contributed by atoms with Crippen LogP contribution in [-0.4, -0.2) is 4.98 Å². The number of rotatable bonds is 2. The van der Waals surface area contributed by atoms with Gasteiger partial charge in [0.1, 0.15) is 5.01 Å². The summed E-state index contributed by atoms with van der Waals surface area (Å²) in [6.45, 7) is 4.37. The van der Waals surface area contributed by atoms with Gasteiger partial charge in [-0.05, 0) is 18.8 Å². The molecule has 0 bridgehead atoms.